The summed E-state index contributed by atoms with van der Waals surface area (Å²) < 4.78 is 5.56. The largest absolute Gasteiger partial charge is 0.496 e. The summed E-state index contributed by atoms with van der Waals surface area (Å²) in [4.78, 5) is 2.20. The van der Waals surface area contributed by atoms with E-state index in [0.29, 0.717) is 6.04 Å². The predicted octanol–water partition coefficient (Wildman–Crippen LogP) is 2.52. The van der Waals surface area contributed by atoms with Crippen LogP contribution in [0.4, 0.5) is 0 Å². The summed E-state index contributed by atoms with van der Waals surface area (Å²) >= 11 is 0. The minimum Gasteiger partial charge on any atom is -0.496 e. The van der Waals surface area contributed by atoms with Crippen LogP contribution < -0.4 is 10.1 Å². The van der Waals surface area contributed by atoms with Gasteiger partial charge >= 0.3 is 0 Å². The molecule has 1 rings (SSSR count). The fourth-order valence-corrected chi connectivity index (χ4v) is 2.42. The van der Waals surface area contributed by atoms with Gasteiger partial charge in [0, 0.05) is 18.2 Å². The maximum Gasteiger partial charge on any atom is 0.124 e. The molecule has 0 spiro atoms. The molecule has 0 amide bonds. The van der Waals surface area contributed by atoms with Crippen molar-refractivity contribution in [3.63, 3.8) is 0 Å². The molecule has 0 radical (unpaired) electrons. The summed E-state index contributed by atoms with van der Waals surface area (Å²) in [7, 11) is 5.94. The first-order valence-electron chi connectivity index (χ1n) is 6.52. The molecule has 1 unspecified atom stereocenters. The maximum atomic E-state index is 5.56. The number of ether oxygens (including phenoxy) is 1. The van der Waals surface area contributed by atoms with Crippen molar-refractivity contribution in [3.8, 4) is 5.75 Å². The monoisotopic (exact) mass is 250 g/mol. The number of rotatable bonds is 6. The molecule has 0 aromatic heterocycles. The quantitative estimate of drug-likeness (QED) is 0.839. The van der Waals surface area contributed by atoms with Gasteiger partial charge in [-0.15, -0.1) is 0 Å². The van der Waals surface area contributed by atoms with E-state index in [9.17, 15) is 0 Å². The average Bonchev–Trinajstić information content (AvgIpc) is 2.26. The van der Waals surface area contributed by atoms with Crippen molar-refractivity contribution in [1.29, 1.82) is 0 Å². The highest BCUT2D eigenvalue weighted by Crippen LogP contribution is 2.30. The number of nitrogens with zero attached hydrogens (tertiary/aromatic N) is 1. The van der Waals surface area contributed by atoms with E-state index in [4.69, 9.17) is 4.74 Å². The van der Waals surface area contributed by atoms with E-state index in [-0.39, 0.29) is 0 Å². The summed E-state index contributed by atoms with van der Waals surface area (Å²) in [6.45, 7) is 8.32. The zero-order valence-corrected chi connectivity index (χ0v) is 12.5. The zero-order valence-electron chi connectivity index (χ0n) is 12.5. The van der Waals surface area contributed by atoms with Crippen molar-refractivity contribution in [2.45, 2.75) is 26.8 Å². The van der Waals surface area contributed by atoms with Crippen LogP contribution in [0.1, 0.15) is 29.7 Å². The van der Waals surface area contributed by atoms with Crippen LogP contribution in [-0.2, 0) is 0 Å². The Hall–Kier alpha value is -1.06. The molecule has 3 nitrogen and oxygen atoms in total. The van der Waals surface area contributed by atoms with Gasteiger partial charge in [0.15, 0.2) is 0 Å². The first-order valence-corrected chi connectivity index (χ1v) is 6.52. The number of methoxy groups -OCH3 is 1. The first-order chi connectivity index (χ1) is 8.49. The Bertz CT molecular complexity index is 388. The van der Waals surface area contributed by atoms with Gasteiger partial charge in [0.05, 0.1) is 7.11 Å². The number of likely N-dealkylation sites (N-methyl/N-ethyl adjacent to an activating group) is 2. The lowest BCUT2D eigenvalue weighted by atomic mass is 9.97. The van der Waals surface area contributed by atoms with Gasteiger partial charge in [0.25, 0.3) is 0 Å². The van der Waals surface area contributed by atoms with Crippen LogP contribution >= 0.6 is 0 Å². The summed E-state index contributed by atoms with van der Waals surface area (Å²) in [5.74, 6) is 0.986. The highest BCUT2D eigenvalue weighted by molar-refractivity contribution is 5.45. The molecule has 0 aliphatic rings. The van der Waals surface area contributed by atoms with Crippen LogP contribution in [0.5, 0.6) is 5.75 Å². The second-order valence-corrected chi connectivity index (χ2v) is 5.07. The van der Waals surface area contributed by atoms with Crippen molar-refractivity contribution in [2.24, 2.45) is 0 Å². The van der Waals surface area contributed by atoms with Gasteiger partial charge in [-0.3, -0.25) is 0 Å². The summed E-state index contributed by atoms with van der Waals surface area (Å²) in [5.41, 5.74) is 3.81. The number of aryl methyl sites for hydroxylation is 2. The molecule has 0 aliphatic heterocycles. The van der Waals surface area contributed by atoms with Gasteiger partial charge in [-0.25, -0.2) is 0 Å². The van der Waals surface area contributed by atoms with Gasteiger partial charge in [-0.1, -0.05) is 13.0 Å². The summed E-state index contributed by atoms with van der Waals surface area (Å²) in [6.07, 6.45) is 0. The van der Waals surface area contributed by atoms with Crippen LogP contribution in [0.3, 0.4) is 0 Å². The Kier molecular flexibility index (Phi) is 5.63. The van der Waals surface area contributed by atoms with Crippen molar-refractivity contribution < 1.29 is 4.74 Å². The lowest BCUT2D eigenvalue weighted by molar-refractivity contribution is 0.333. The molecule has 0 saturated heterocycles. The Balaban J connectivity index is 3.17. The molecule has 0 bridgehead atoms. The molecule has 1 N–H and O–H groups in total. The molecular weight excluding hydrogens is 224 g/mol. The van der Waals surface area contributed by atoms with Crippen molar-refractivity contribution in [3.05, 3.63) is 28.8 Å². The fraction of sp³-hybridized carbons (Fsp3) is 0.600. The molecule has 0 saturated carbocycles. The van der Waals surface area contributed by atoms with E-state index in [2.05, 4.69) is 57.2 Å². The summed E-state index contributed by atoms with van der Waals surface area (Å²) in [6, 6.07) is 4.64. The number of hydrogen-bond acceptors (Lipinski definition) is 3. The molecule has 0 heterocycles. The molecule has 1 aromatic carbocycles. The van der Waals surface area contributed by atoms with Gasteiger partial charge < -0.3 is 15.0 Å². The Labute approximate surface area is 111 Å². The third kappa shape index (κ3) is 3.72. The summed E-state index contributed by atoms with van der Waals surface area (Å²) in [5, 5.41) is 3.54. The van der Waals surface area contributed by atoms with Crippen LogP contribution in [0, 0.1) is 13.8 Å². The third-order valence-electron chi connectivity index (χ3n) is 3.06. The Morgan fingerprint density at radius 1 is 1.28 bits per heavy atom. The lowest BCUT2D eigenvalue weighted by Crippen LogP contribution is -2.32. The van der Waals surface area contributed by atoms with Crippen molar-refractivity contribution >= 4 is 0 Å². The number of hydrogen-bond donors (Lipinski definition) is 1. The first kappa shape index (κ1) is 15.0. The van der Waals surface area contributed by atoms with E-state index in [1.807, 2.05) is 0 Å². The Morgan fingerprint density at radius 3 is 2.44 bits per heavy atom. The highest BCUT2D eigenvalue weighted by atomic mass is 16.5. The topological polar surface area (TPSA) is 24.5 Å². The normalized spacial score (nSPS) is 12.8. The van der Waals surface area contributed by atoms with E-state index >= 15 is 0 Å². The molecule has 1 aromatic rings. The smallest absolute Gasteiger partial charge is 0.124 e. The van der Waals surface area contributed by atoms with Crippen LogP contribution in [0.2, 0.25) is 0 Å². The molecule has 18 heavy (non-hydrogen) atoms. The number of nitrogens with one attached hydrogen (secondary N) is 1. The molecule has 1 atom stereocenters. The molecule has 0 fully saturated rings. The van der Waals surface area contributed by atoms with Crippen LogP contribution in [0.25, 0.3) is 0 Å². The fourth-order valence-electron chi connectivity index (χ4n) is 2.42. The van der Waals surface area contributed by atoms with Gasteiger partial charge in [0.1, 0.15) is 5.75 Å². The molecule has 102 valence electrons. The minimum absolute atomic E-state index is 0.306. The zero-order chi connectivity index (χ0) is 13.7. The second kappa shape index (κ2) is 6.76. The van der Waals surface area contributed by atoms with E-state index in [1.165, 1.54) is 16.7 Å². The minimum atomic E-state index is 0.306. The van der Waals surface area contributed by atoms with Crippen molar-refractivity contribution in [1.82, 2.24) is 10.2 Å². The van der Waals surface area contributed by atoms with Crippen LogP contribution in [0.15, 0.2) is 12.1 Å². The Morgan fingerprint density at radius 2 is 1.94 bits per heavy atom. The molecule has 3 heteroatoms. The third-order valence-corrected chi connectivity index (χ3v) is 3.06. The molecular formula is C15H26N2O. The SMILES string of the molecule is CCNC(CN(C)C)c1c(C)cc(C)cc1OC. The van der Waals surface area contributed by atoms with Crippen molar-refractivity contribution in [2.75, 3.05) is 34.3 Å². The van der Waals surface area contributed by atoms with Gasteiger partial charge in [-0.2, -0.15) is 0 Å². The average molecular weight is 250 g/mol. The van der Waals surface area contributed by atoms with Gasteiger partial charge in [0.2, 0.25) is 0 Å². The van der Waals surface area contributed by atoms with E-state index < -0.39 is 0 Å². The second-order valence-electron chi connectivity index (χ2n) is 5.07. The lowest BCUT2D eigenvalue weighted by Gasteiger charge is -2.26. The van der Waals surface area contributed by atoms with E-state index in [0.717, 1.165) is 18.8 Å². The number of benzene rings is 1. The predicted molar refractivity (Wildman–Crippen MR) is 77.4 cm³/mol. The van der Waals surface area contributed by atoms with E-state index in [1.54, 1.807) is 7.11 Å². The molecule has 0 aliphatic carbocycles. The standard InChI is InChI=1S/C15H26N2O/c1-7-16-13(10-17(4)5)15-12(3)8-11(2)9-14(15)18-6/h8-9,13,16H,7,10H2,1-6H3. The van der Waals surface area contributed by atoms with Crippen LogP contribution in [-0.4, -0.2) is 39.2 Å². The highest BCUT2D eigenvalue weighted by Gasteiger charge is 2.18. The van der Waals surface area contributed by atoms with Gasteiger partial charge in [-0.05, 0) is 51.7 Å². The maximum absolute atomic E-state index is 5.56.